The van der Waals surface area contributed by atoms with Crippen molar-refractivity contribution in [3.05, 3.63) is 296 Å². The number of aryl methyl sites for hydroxylation is 5. The third-order valence-electron chi connectivity index (χ3n) is 26.1. The molecule has 11 heterocycles. The molecule has 0 radical (unpaired) electrons. The topological polar surface area (TPSA) is 326 Å². The van der Waals surface area contributed by atoms with E-state index in [1.807, 2.05) is 108 Å². The second-order valence-electron chi connectivity index (χ2n) is 36.0. The Bertz CT molecular complexity index is 6250. The van der Waals surface area contributed by atoms with Crippen molar-refractivity contribution in [1.29, 1.82) is 0 Å². The third kappa shape index (κ3) is 26.8. The number of hydrogen-bond acceptors (Lipinski definition) is 25. The molecule has 4 N–H and O–H groups in total. The lowest BCUT2D eigenvalue weighted by Gasteiger charge is -2.37. The molecule has 6 aromatic heterocycles. The van der Waals surface area contributed by atoms with E-state index in [2.05, 4.69) is 184 Å². The lowest BCUT2D eigenvalue weighted by atomic mass is 9.77. The summed E-state index contributed by atoms with van der Waals surface area (Å²) in [5.74, 6) is 4.08. The predicted octanol–water partition coefficient (Wildman–Crippen LogP) is 21.4. The highest BCUT2D eigenvalue weighted by atomic mass is 35.5. The maximum atomic E-state index is 13.4. The number of benzene rings is 6. The van der Waals surface area contributed by atoms with Gasteiger partial charge in [0, 0.05) is 139 Å². The van der Waals surface area contributed by atoms with E-state index in [0.717, 1.165) is 165 Å². The van der Waals surface area contributed by atoms with E-state index >= 15 is 0 Å². The third-order valence-corrected chi connectivity index (χ3v) is 32.0. The quantitative estimate of drug-likeness (QED) is 0.0156. The van der Waals surface area contributed by atoms with E-state index in [-0.39, 0.29) is 48.9 Å². The number of fused-ring (bicyclic) bond motifs is 10. The summed E-state index contributed by atoms with van der Waals surface area (Å²) in [4.78, 5) is 80.7. The van der Waals surface area contributed by atoms with Crippen molar-refractivity contribution in [3.63, 3.8) is 0 Å². The van der Waals surface area contributed by atoms with Gasteiger partial charge >= 0.3 is 12.0 Å². The molecule has 5 aliphatic heterocycles. The summed E-state index contributed by atoms with van der Waals surface area (Å²) in [5, 5.41) is 50.8. The van der Waals surface area contributed by atoms with Crippen molar-refractivity contribution in [2.45, 2.75) is 206 Å². The first kappa shape index (κ1) is 106. The number of aromatic nitrogens is 9. The molecule has 34 heteroatoms. The Morgan fingerprint density at radius 3 is 1.20 bits per heavy atom. The number of aliphatic imine (C=N–C) groups is 3. The number of rotatable bonds is 49. The average molecular weight is 2060 g/mol. The van der Waals surface area contributed by atoms with Gasteiger partial charge in [-0.1, -0.05) is 169 Å². The number of nitrogens with zero attached hydrogens (tertiary/aromatic N) is 12. The van der Waals surface area contributed by atoms with E-state index in [0.29, 0.717) is 149 Å². The lowest BCUT2D eigenvalue weighted by molar-refractivity contribution is -0.137. The smallest absolute Gasteiger partial charge is 0.315 e. The molecule has 27 nitrogen and oxygen atoms in total. The number of Topliss-reactive ketones (excluding diaryl/α,β-unsaturated/α-hetero) is 3. The van der Waals surface area contributed by atoms with Gasteiger partial charge in [-0.15, -0.1) is 64.6 Å². The van der Waals surface area contributed by atoms with Crippen LogP contribution in [0.3, 0.4) is 0 Å². The number of nitrogens with one attached hydrogen (secondary N) is 3. The molecule has 142 heavy (non-hydrogen) atoms. The summed E-state index contributed by atoms with van der Waals surface area (Å²) in [6, 6.07) is 53.7. The maximum absolute atomic E-state index is 13.4. The number of carboxylic acids is 1. The standard InChI is InChI=1S/C49H54ClN5O4S.C40H53ClN6O6S2.C19H17ClN4O2S/c1-35-36(2)60-48-45(35)46(38-23-25-42(50)26-24-38)52-44(47-54-53-37(3)55(47)48)34-43(56)22-13-14-28-57-30-32-59-33-31-58-29-15-27-51-49(39-16-7-4-8-17-39,40-18-9-5-10-19-40)41-20-11-6-12-21-41;1-26-27(2)55-39-35(26)36(28-13-15-29(41)16-14-28)43-32(38-46-42-25-47(38)39)23-31(49)11-6-8-18-52-20-22-53-21-19-51-17-7-5-10-30(48)9-3-4-12-34-37-33(24-54-34)44-40(50)45-37;1-9-10(2)27-19-16(9)17(12-4-6-13(20)7-5-12)21-14(8-15(25)26)18-23-22-11(3)24(18)19/h4-12,16-21,23-26,44,51H,13-15,22,27-34H2,1-3H3;13-16,25,32-34,37H,3-12,17-24H2,1-2H3,(H2,44,45,50);4-7,14H,8H2,1-3H3,(H,25,26)/t;32?,33-,34-,37-;/m.1./s1. The average Bonchev–Trinajstić information content (AvgIpc) is 0.895. The summed E-state index contributed by atoms with van der Waals surface area (Å²) >= 11 is 25.5. The summed E-state index contributed by atoms with van der Waals surface area (Å²) in [7, 11) is 0. The van der Waals surface area contributed by atoms with Crippen LogP contribution in [-0.4, -0.2) is 205 Å². The second kappa shape index (κ2) is 51.9. The Balaban J connectivity index is 0.000000171. The Labute approximate surface area is 861 Å². The fourth-order valence-electron chi connectivity index (χ4n) is 18.4. The van der Waals surface area contributed by atoms with Gasteiger partial charge in [-0.05, 0) is 190 Å². The molecule has 2 amide bonds. The molecule has 2 saturated heterocycles. The minimum absolute atomic E-state index is 0.0491. The van der Waals surface area contributed by atoms with Crippen LogP contribution < -0.4 is 16.0 Å². The van der Waals surface area contributed by atoms with Crippen LogP contribution in [0.2, 0.25) is 15.1 Å². The van der Waals surface area contributed by atoms with Crippen molar-refractivity contribution in [2.75, 3.05) is 91.6 Å². The molecule has 0 bridgehead atoms. The van der Waals surface area contributed by atoms with Crippen LogP contribution in [0.1, 0.15) is 238 Å². The fraction of sp³-hybridized carbons (Fsp3) is 0.426. The first-order valence-corrected chi connectivity index (χ1v) is 53.6. The number of carboxylic acid groups (broad SMARTS) is 1. The highest BCUT2D eigenvalue weighted by Crippen LogP contribution is 2.45. The number of thioether (sulfide) groups is 1. The number of urea groups is 1. The minimum Gasteiger partial charge on any atom is -0.481 e. The molecule has 6 atom stereocenters. The van der Waals surface area contributed by atoms with Crippen LogP contribution in [0, 0.1) is 55.4 Å². The van der Waals surface area contributed by atoms with Gasteiger partial charge in [-0.25, -0.2) is 4.79 Å². The molecule has 748 valence electrons. The largest absolute Gasteiger partial charge is 0.481 e. The highest BCUT2D eigenvalue weighted by Gasteiger charge is 2.44. The maximum Gasteiger partial charge on any atom is 0.315 e. The molecule has 17 rings (SSSR count). The van der Waals surface area contributed by atoms with Crippen LogP contribution >= 0.6 is 80.6 Å². The zero-order valence-electron chi connectivity index (χ0n) is 81.6. The van der Waals surface area contributed by atoms with Gasteiger partial charge in [0.05, 0.1) is 94.0 Å². The molecule has 0 aliphatic carbocycles. The monoisotopic (exact) mass is 2060 g/mol. The van der Waals surface area contributed by atoms with E-state index in [9.17, 15) is 29.1 Å². The number of hydrogen-bond donors (Lipinski definition) is 4. The number of amides is 2. The number of unbranched alkanes of at least 4 members (excludes halogenated alkanes) is 4. The van der Waals surface area contributed by atoms with E-state index in [1.165, 1.54) is 36.9 Å². The van der Waals surface area contributed by atoms with Gasteiger partial charge in [-0.2, -0.15) is 11.8 Å². The molecule has 5 aliphatic rings. The normalized spacial score (nSPS) is 16.5. The number of ketones is 3. The number of thiophene rings is 3. The Morgan fingerprint density at radius 2 is 0.789 bits per heavy atom. The molecule has 12 aromatic rings. The van der Waals surface area contributed by atoms with Gasteiger partial charge in [0.2, 0.25) is 0 Å². The predicted molar refractivity (Wildman–Crippen MR) is 564 cm³/mol. The zero-order valence-corrected chi connectivity index (χ0v) is 87.2. The van der Waals surface area contributed by atoms with Crippen molar-refractivity contribution < 1.29 is 57.5 Å². The van der Waals surface area contributed by atoms with Gasteiger partial charge in [-0.3, -0.25) is 53.2 Å². The van der Waals surface area contributed by atoms with E-state index in [4.69, 9.17) is 78.2 Å². The molecule has 6 aromatic carbocycles. The van der Waals surface area contributed by atoms with Gasteiger partial charge in [0.25, 0.3) is 0 Å². The summed E-state index contributed by atoms with van der Waals surface area (Å²) in [5.41, 5.74) is 14.9. The number of halogens is 3. The van der Waals surface area contributed by atoms with Crippen molar-refractivity contribution >= 4 is 127 Å². The van der Waals surface area contributed by atoms with Crippen LogP contribution in [0.15, 0.2) is 185 Å². The molecule has 0 saturated carbocycles. The Hall–Kier alpha value is -10.5. The van der Waals surface area contributed by atoms with Gasteiger partial charge in [0.1, 0.15) is 68.5 Å². The number of carbonyl (C=O) groups is 5. The van der Waals surface area contributed by atoms with Crippen LogP contribution in [0.4, 0.5) is 4.79 Å². The SMILES string of the molecule is Cc1sc2c(c1C)C(c1ccc(Cl)cc1)=NC(CC(=O)CCCCOCCOCCOCCCCC(=O)CCCC[C@H]1SC[C@H]3NC(=O)N[C@H]31)c1nncn1-2.Cc1sc2c(c1C)C(c1ccc(Cl)cc1)=NC(CC(=O)CCCCOCCOCCOCCCNC(c1ccccc1)(c1ccccc1)c1ccccc1)c1nnc(C)n1-2.Cc1sc2c(c1C)C(c1ccc(Cl)cc1)=NC(CC(=O)O)c1nnc(C)n1-2. The summed E-state index contributed by atoms with van der Waals surface area (Å²) in [6.07, 6.45) is 12.8. The fourth-order valence-corrected chi connectivity index (χ4v) is 23.9. The minimum atomic E-state index is -0.926. The first-order chi connectivity index (χ1) is 69.0. The zero-order chi connectivity index (χ0) is 99.6. The van der Waals surface area contributed by atoms with Crippen LogP contribution in [0.25, 0.3) is 15.0 Å². The number of ether oxygens (including phenoxy) is 6. The van der Waals surface area contributed by atoms with Gasteiger partial charge in [0.15, 0.2) is 17.5 Å². The molecule has 0 spiro atoms. The Morgan fingerprint density at radius 1 is 0.423 bits per heavy atom. The Kier molecular flexibility index (Phi) is 38.6. The van der Waals surface area contributed by atoms with Crippen LogP contribution in [-0.2, 0) is 53.1 Å². The summed E-state index contributed by atoms with van der Waals surface area (Å²) < 4.78 is 40.5. The first-order valence-electron chi connectivity index (χ1n) is 48.9. The summed E-state index contributed by atoms with van der Waals surface area (Å²) in [6.45, 7) is 23.6. The van der Waals surface area contributed by atoms with E-state index < -0.39 is 29.6 Å². The molecular formula is C108H124Cl3N15O12S4. The van der Waals surface area contributed by atoms with Crippen molar-refractivity contribution in [2.24, 2.45) is 15.0 Å². The second-order valence-corrected chi connectivity index (χ2v) is 42.2. The lowest BCUT2D eigenvalue weighted by Crippen LogP contribution is -2.45. The molecule has 3 unspecified atom stereocenters. The molecular weight excluding hydrogens is 1930 g/mol. The van der Waals surface area contributed by atoms with Crippen molar-refractivity contribution in [3.8, 4) is 15.0 Å². The number of aliphatic carboxylic acids is 1. The van der Waals surface area contributed by atoms with Gasteiger partial charge < -0.3 is 44.2 Å². The van der Waals surface area contributed by atoms with E-state index in [1.54, 1.807) is 40.3 Å². The van der Waals surface area contributed by atoms with Crippen LogP contribution in [0.5, 0.6) is 0 Å². The highest BCUT2D eigenvalue weighted by molar-refractivity contribution is 8.00. The van der Waals surface area contributed by atoms with Crippen molar-refractivity contribution in [1.82, 2.24) is 60.2 Å². The number of carbonyl (C=O) groups excluding carboxylic acids is 4. The molecule has 2 fully saturated rings.